The van der Waals surface area contributed by atoms with Crippen molar-refractivity contribution in [1.29, 1.82) is 0 Å². The number of carbonyl (C=O) groups is 2. The molecule has 0 saturated carbocycles. The fourth-order valence-electron chi connectivity index (χ4n) is 2.69. The lowest BCUT2D eigenvalue weighted by molar-refractivity contribution is -0.222. The van der Waals surface area contributed by atoms with Crippen LogP contribution >= 0.6 is 0 Å². The molecule has 1 N–H and O–H groups in total. The molecule has 134 valence electrons. The number of carbonyl (C=O) groups excluding carboxylic acids is 2. The van der Waals surface area contributed by atoms with E-state index in [4.69, 9.17) is 4.42 Å². The molecule has 0 bridgehead atoms. The van der Waals surface area contributed by atoms with Gasteiger partial charge in [-0.1, -0.05) is 0 Å². The summed E-state index contributed by atoms with van der Waals surface area (Å²) in [4.78, 5) is 24.9. The molecule has 2 rings (SSSR count). The Kier molecular flexibility index (Phi) is 5.58. The number of hydrogen-bond acceptors (Lipinski definition) is 5. The minimum Gasteiger partial charge on any atom is -0.469 e. The number of alkyl halides is 2. The van der Waals surface area contributed by atoms with Crippen LogP contribution in [-0.4, -0.2) is 53.1 Å². The first-order valence-electron chi connectivity index (χ1n) is 7.88. The van der Waals surface area contributed by atoms with Crippen LogP contribution in [-0.2, 0) is 20.7 Å². The van der Waals surface area contributed by atoms with Gasteiger partial charge in [0.1, 0.15) is 11.4 Å². The Morgan fingerprint density at radius 3 is 2.62 bits per heavy atom. The number of aryl methyl sites for hydroxylation is 1. The molecule has 2 heterocycles. The van der Waals surface area contributed by atoms with Crippen LogP contribution in [0.25, 0.3) is 0 Å². The van der Waals surface area contributed by atoms with Crippen LogP contribution in [0.1, 0.15) is 31.9 Å². The van der Waals surface area contributed by atoms with E-state index in [-0.39, 0.29) is 44.9 Å². The van der Waals surface area contributed by atoms with Crippen molar-refractivity contribution in [1.82, 2.24) is 4.90 Å². The summed E-state index contributed by atoms with van der Waals surface area (Å²) in [6, 6.07) is 3.47. The van der Waals surface area contributed by atoms with Crippen molar-refractivity contribution >= 4 is 11.9 Å². The summed E-state index contributed by atoms with van der Waals surface area (Å²) in [7, 11) is 0. The van der Waals surface area contributed by atoms with E-state index in [9.17, 15) is 23.5 Å². The van der Waals surface area contributed by atoms with Gasteiger partial charge in [0.15, 0.2) is 0 Å². The Bertz CT molecular complexity index is 565. The molecule has 0 spiro atoms. The zero-order valence-electron chi connectivity index (χ0n) is 13.5. The van der Waals surface area contributed by atoms with Gasteiger partial charge in [0.05, 0.1) is 12.9 Å². The molecule has 1 aromatic rings. The fraction of sp³-hybridized carbons (Fsp3) is 0.625. The van der Waals surface area contributed by atoms with Gasteiger partial charge in [0.25, 0.3) is 0 Å². The number of ether oxygens (including phenoxy) is 1. The minimum absolute atomic E-state index is 0.0392. The van der Waals surface area contributed by atoms with E-state index in [1.807, 2.05) is 0 Å². The number of rotatable bonds is 6. The van der Waals surface area contributed by atoms with Gasteiger partial charge in [-0.2, -0.15) is 8.78 Å². The van der Waals surface area contributed by atoms with Crippen LogP contribution in [0, 0.1) is 0 Å². The normalized spacial score (nSPS) is 17.6. The third-order valence-corrected chi connectivity index (χ3v) is 4.22. The van der Waals surface area contributed by atoms with Gasteiger partial charge >= 0.3 is 11.9 Å². The maximum absolute atomic E-state index is 14.1. The monoisotopic (exact) mass is 345 g/mol. The Morgan fingerprint density at radius 1 is 1.42 bits per heavy atom. The third kappa shape index (κ3) is 3.75. The standard InChI is InChI=1S/C16H21F2NO5/c1-2-23-14(21)16(17,18)15(22)7-9-19(10-8-15)13(20)6-5-12-4-3-11-24-12/h3-4,11,22H,2,5-10H2,1H3. The zero-order valence-corrected chi connectivity index (χ0v) is 13.5. The molecule has 0 aliphatic carbocycles. The number of hydrogen-bond donors (Lipinski definition) is 1. The number of aliphatic hydroxyl groups is 1. The molecular formula is C16H21F2NO5. The number of nitrogens with zero attached hydrogens (tertiary/aromatic N) is 1. The van der Waals surface area contributed by atoms with Crippen molar-refractivity contribution in [2.45, 2.75) is 44.1 Å². The first-order chi connectivity index (χ1) is 11.3. The number of likely N-dealkylation sites (tertiary alicyclic amines) is 1. The second kappa shape index (κ2) is 7.29. The minimum atomic E-state index is -3.99. The third-order valence-electron chi connectivity index (χ3n) is 4.22. The Morgan fingerprint density at radius 2 is 2.08 bits per heavy atom. The summed E-state index contributed by atoms with van der Waals surface area (Å²) in [5.74, 6) is -5.25. The van der Waals surface area contributed by atoms with Gasteiger partial charge in [0.2, 0.25) is 5.91 Å². The molecule has 1 fully saturated rings. The molecule has 1 amide bonds. The second-order valence-electron chi connectivity index (χ2n) is 5.79. The zero-order chi connectivity index (χ0) is 17.8. The van der Waals surface area contributed by atoms with E-state index >= 15 is 0 Å². The highest BCUT2D eigenvalue weighted by molar-refractivity contribution is 5.80. The highest BCUT2D eigenvalue weighted by atomic mass is 19.3. The van der Waals surface area contributed by atoms with E-state index in [0.29, 0.717) is 12.2 Å². The summed E-state index contributed by atoms with van der Waals surface area (Å²) < 4.78 is 37.7. The van der Waals surface area contributed by atoms with Crippen molar-refractivity contribution < 1.29 is 32.6 Å². The molecular weight excluding hydrogens is 324 g/mol. The van der Waals surface area contributed by atoms with Gasteiger partial charge in [-0.25, -0.2) is 4.79 Å². The summed E-state index contributed by atoms with van der Waals surface area (Å²) in [5.41, 5.74) is -2.49. The number of amides is 1. The largest absolute Gasteiger partial charge is 0.469 e. The molecule has 24 heavy (non-hydrogen) atoms. The first kappa shape index (κ1) is 18.4. The van der Waals surface area contributed by atoms with Crippen molar-refractivity contribution in [3.05, 3.63) is 24.2 Å². The smallest absolute Gasteiger partial charge is 0.380 e. The van der Waals surface area contributed by atoms with Crippen LogP contribution in [0.15, 0.2) is 22.8 Å². The van der Waals surface area contributed by atoms with E-state index < -0.39 is 17.5 Å². The van der Waals surface area contributed by atoms with Crippen LogP contribution < -0.4 is 0 Å². The van der Waals surface area contributed by atoms with E-state index in [2.05, 4.69) is 4.74 Å². The Balaban J connectivity index is 1.89. The summed E-state index contributed by atoms with van der Waals surface area (Å²) >= 11 is 0. The predicted molar refractivity (Wildman–Crippen MR) is 79.4 cm³/mol. The molecule has 0 unspecified atom stereocenters. The van der Waals surface area contributed by atoms with E-state index in [1.54, 1.807) is 12.1 Å². The van der Waals surface area contributed by atoms with Crippen LogP contribution in [0.2, 0.25) is 0 Å². The summed E-state index contributed by atoms with van der Waals surface area (Å²) in [5, 5.41) is 10.2. The Hall–Kier alpha value is -1.96. The van der Waals surface area contributed by atoms with Crippen molar-refractivity contribution in [3.8, 4) is 0 Å². The van der Waals surface area contributed by atoms with E-state index in [0.717, 1.165) is 0 Å². The molecule has 1 aromatic heterocycles. The molecule has 0 atom stereocenters. The van der Waals surface area contributed by atoms with Crippen molar-refractivity contribution in [2.75, 3.05) is 19.7 Å². The molecule has 8 heteroatoms. The topological polar surface area (TPSA) is 80.0 Å². The Labute approximate surface area is 138 Å². The number of esters is 1. The van der Waals surface area contributed by atoms with Crippen molar-refractivity contribution in [3.63, 3.8) is 0 Å². The van der Waals surface area contributed by atoms with Crippen molar-refractivity contribution in [2.24, 2.45) is 0 Å². The van der Waals surface area contributed by atoms with Gasteiger partial charge in [-0.3, -0.25) is 4.79 Å². The average molecular weight is 345 g/mol. The summed E-state index contributed by atoms with van der Waals surface area (Å²) in [6.07, 6.45) is 1.36. The number of halogens is 2. The SMILES string of the molecule is CCOC(=O)C(F)(F)C1(O)CCN(C(=O)CCc2ccco2)CC1. The fourth-order valence-corrected chi connectivity index (χ4v) is 2.69. The van der Waals surface area contributed by atoms with Crippen LogP contribution in [0.4, 0.5) is 8.78 Å². The lowest BCUT2D eigenvalue weighted by Crippen LogP contribution is -2.59. The summed E-state index contributed by atoms with van der Waals surface area (Å²) in [6.45, 7) is 1.14. The maximum atomic E-state index is 14.1. The van der Waals surface area contributed by atoms with Gasteiger partial charge < -0.3 is 19.2 Å². The molecule has 0 radical (unpaired) electrons. The van der Waals surface area contributed by atoms with Gasteiger partial charge in [-0.05, 0) is 19.1 Å². The number of piperidine rings is 1. The van der Waals surface area contributed by atoms with Crippen LogP contribution in [0.3, 0.4) is 0 Å². The van der Waals surface area contributed by atoms with Gasteiger partial charge in [0, 0.05) is 38.8 Å². The second-order valence-corrected chi connectivity index (χ2v) is 5.79. The van der Waals surface area contributed by atoms with Gasteiger partial charge in [-0.15, -0.1) is 0 Å². The number of furan rings is 1. The quantitative estimate of drug-likeness (QED) is 0.795. The highest BCUT2D eigenvalue weighted by Gasteiger charge is 2.60. The van der Waals surface area contributed by atoms with E-state index in [1.165, 1.54) is 18.1 Å². The lowest BCUT2D eigenvalue weighted by atomic mass is 9.85. The molecule has 0 aromatic carbocycles. The molecule has 1 saturated heterocycles. The first-order valence-corrected chi connectivity index (χ1v) is 7.88. The molecule has 6 nitrogen and oxygen atoms in total. The maximum Gasteiger partial charge on any atom is 0.380 e. The predicted octanol–water partition coefficient (Wildman–Crippen LogP) is 1.76. The average Bonchev–Trinajstić information content (AvgIpc) is 3.07. The molecule has 1 aliphatic rings. The highest BCUT2D eigenvalue weighted by Crippen LogP contribution is 2.38. The van der Waals surface area contributed by atoms with Crippen LogP contribution in [0.5, 0.6) is 0 Å². The lowest BCUT2D eigenvalue weighted by Gasteiger charge is -2.41. The molecule has 1 aliphatic heterocycles.